The SMILES string of the molecule is CCC(CC)C[C@H](O)[C@H](CC1CCCCC1)NC(=O)[C@H](Cc1cnc[nH]1)N(C)C(=O)[C@H](Cc1ccccc1)OC(=O)N(C)CCN(C)C(=O)N1CCSCC1. The van der Waals surface area contributed by atoms with Gasteiger partial charge in [-0.25, -0.2) is 14.6 Å². The van der Waals surface area contributed by atoms with E-state index in [0.717, 1.165) is 55.6 Å². The number of hydrogen-bond acceptors (Lipinski definition) is 8. The molecular formula is C41H65N7O6S. The number of urea groups is 1. The van der Waals surface area contributed by atoms with Gasteiger partial charge in [-0.1, -0.05) is 89.1 Å². The van der Waals surface area contributed by atoms with Gasteiger partial charge in [0.15, 0.2) is 6.10 Å². The lowest BCUT2D eigenvalue weighted by atomic mass is 9.82. The minimum atomic E-state index is -1.23. The molecule has 1 aromatic heterocycles. The van der Waals surface area contributed by atoms with Crippen LogP contribution in [0.1, 0.15) is 82.9 Å². The summed E-state index contributed by atoms with van der Waals surface area (Å²) in [5, 5.41) is 14.8. The van der Waals surface area contributed by atoms with Gasteiger partial charge in [-0.2, -0.15) is 11.8 Å². The summed E-state index contributed by atoms with van der Waals surface area (Å²) in [5.41, 5.74) is 1.46. The van der Waals surface area contributed by atoms with E-state index in [1.165, 1.54) is 22.5 Å². The van der Waals surface area contributed by atoms with Crippen LogP contribution >= 0.6 is 11.8 Å². The molecule has 1 saturated heterocycles. The Bertz CT molecular complexity index is 1450. The zero-order chi connectivity index (χ0) is 39.7. The molecule has 14 heteroatoms. The van der Waals surface area contributed by atoms with Crippen LogP contribution in [0.25, 0.3) is 0 Å². The lowest BCUT2D eigenvalue weighted by molar-refractivity contribution is -0.146. The van der Waals surface area contributed by atoms with Crippen LogP contribution in [0.3, 0.4) is 0 Å². The number of carbonyl (C=O) groups excluding carboxylic acids is 4. The fraction of sp³-hybridized carbons (Fsp3) is 0.683. The number of amides is 5. The second-order valence-electron chi connectivity index (χ2n) is 15.4. The van der Waals surface area contributed by atoms with Gasteiger partial charge in [-0.05, 0) is 30.2 Å². The molecule has 2 heterocycles. The number of nitrogens with zero attached hydrogens (tertiary/aromatic N) is 5. The number of aliphatic hydroxyl groups is 1. The lowest BCUT2D eigenvalue weighted by Gasteiger charge is -2.35. The summed E-state index contributed by atoms with van der Waals surface area (Å²) >= 11 is 1.83. The number of nitrogens with one attached hydrogen (secondary N) is 2. The summed E-state index contributed by atoms with van der Waals surface area (Å²) in [4.78, 5) is 68.8. The maximum Gasteiger partial charge on any atom is 0.410 e. The highest BCUT2D eigenvalue weighted by Crippen LogP contribution is 2.30. The number of aromatic nitrogens is 2. The molecule has 13 nitrogen and oxygen atoms in total. The Labute approximate surface area is 332 Å². The van der Waals surface area contributed by atoms with Gasteiger partial charge in [0.25, 0.3) is 5.91 Å². The first-order chi connectivity index (χ1) is 26.5. The standard InChI is InChI=1S/C41H65N7O6S/c1-6-30(7-2)25-36(49)34(24-31-14-10-8-11-15-31)44-38(50)35(27-33-28-42-29-43-33)47(5)39(51)37(26-32-16-12-9-13-17-32)54-41(53)46(4)19-18-45(3)40(52)48-20-22-55-23-21-48/h9,12-13,16-17,28-31,34-37,49H,6-8,10-11,14-15,18-27H2,1-5H3,(H,42,43)(H,44,50)/t34-,35-,36-,37-/m0/s1. The van der Waals surface area contributed by atoms with E-state index >= 15 is 0 Å². The van der Waals surface area contributed by atoms with E-state index in [0.29, 0.717) is 50.0 Å². The zero-order valence-corrected chi connectivity index (χ0v) is 34.5. The molecule has 4 rings (SSSR count). The summed E-state index contributed by atoms with van der Waals surface area (Å²) < 4.78 is 5.95. The van der Waals surface area contributed by atoms with Crippen molar-refractivity contribution in [3.05, 3.63) is 54.1 Å². The highest BCUT2D eigenvalue weighted by Gasteiger charge is 2.37. The lowest BCUT2D eigenvalue weighted by Crippen LogP contribution is -2.56. The monoisotopic (exact) mass is 783 g/mol. The number of thioether (sulfide) groups is 1. The molecule has 1 saturated carbocycles. The highest BCUT2D eigenvalue weighted by atomic mass is 32.2. The maximum atomic E-state index is 14.5. The molecule has 4 atom stereocenters. The van der Waals surface area contributed by atoms with Gasteiger partial charge >= 0.3 is 12.1 Å². The van der Waals surface area contributed by atoms with Crippen molar-refractivity contribution in [2.45, 2.75) is 109 Å². The van der Waals surface area contributed by atoms with Gasteiger partial charge in [0.2, 0.25) is 5.91 Å². The fourth-order valence-corrected chi connectivity index (χ4v) is 8.50. The molecule has 2 fully saturated rings. The van der Waals surface area contributed by atoms with Crippen molar-refractivity contribution in [2.75, 3.05) is 58.8 Å². The predicted molar refractivity (Wildman–Crippen MR) is 217 cm³/mol. The minimum Gasteiger partial charge on any atom is -0.436 e. The average molecular weight is 784 g/mol. The van der Waals surface area contributed by atoms with E-state index in [9.17, 15) is 24.3 Å². The Kier molecular flexibility index (Phi) is 18.1. The molecule has 1 aliphatic carbocycles. The van der Waals surface area contributed by atoms with Crippen molar-refractivity contribution in [3.8, 4) is 0 Å². The molecular weight excluding hydrogens is 719 g/mol. The summed E-state index contributed by atoms with van der Waals surface area (Å²) in [6, 6.07) is 7.80. The number of H-pyrrole nitrogens is 1. The molecule has 0 spiro atoms. The second kappa shape index (κ2) is 22.7. The number of carbonyl (C=O) groups is 4. The second-order valence-corrected chi connectivity index (χ2v) is 16.6. The van der Waals surface area contributed by atoms with E-state index in [2.05, 4.69) is 29.1 Å². The Hall–Kier alpha value is -3.78. The first kappa shape index (κ1) is 43.9. The quantitative estimate of drug-likeness (QED) is 0.176. The van der Waals surface area contributed by atoms with Crippen molar-refractivity contribution in [2.24, 2.45) is 11.8 Å². The van der Waals surface area contributed by atoms with Crippen molar-refractivity contribution in [3.63, 3.8) is 0 Å². The van der Waals surface area contributed by atoms with Crippen molar-refractivity contribution >= 4 is 35.7 Å². The molecule has 0 radical (unpaired) electrons. The Morgan fingerprint density at radius 3 is 2.29 bits per heavy atom. The molecule has 0 unspecified atom stereocenters. The van der Waals surface area contributed by atoms with Crippen molar-refractivity contribution < 1.29 is 29.0 Å². The smallest absolute Gasteiger partial charge is 0.410 e. The van der Waals surface area contributed by atoms with Crippen LogP contribution in [0.5, 0.6) is 0 Å². The Morgan fingerprint density at radius 2 is 1.65 bits per heavy atom. The Balaban J connectivity index is 1.52. The molecule has 1 aliphatic heterocycles. The summed E-state index contributed by atoms with van der Waals surface area (Å²) in [6.45, 7) is 6.15. The van der Waals surface area contributed by atoms with Gasteiger partial charge in [0, 0.05) is 83.6 Å². The van der Waals surface area contributed by atoms with Crippen LogP contribution in [-0.4, -0.2) is 142 Å². The highest BCUT2D eigenvalue weighted by molar-refractivity contribution is 7.99. The zero-order valence-electron chi connectivity index (χ0n) is 33.7. The first-order valence-corrected chi connectivity index (χ1v) is 21.4. The van der Waals surface area contributed by atoms with Crippen molar-refractivity contribution in [1.82, 2.24) is 34.9 Å². The summed E-state index contributed by atoms with van der Waals surface area (Å²) in [6.07, 6.45) is 9.57. The first-order valence-electron chi connectivity index (χ1n) is 20.3. The van der Waals surface area contributed by atoms with Gasteiger partial charge in [-0.3, -0.25) is 9.59 Å². The summed E-state index contributed by atoms with van der Waals surface area (Å²) in [5.74, 6) is 1.66. The van der Waals surface area contributed by atoms with Gasteiger partial charge in [0.1, 0.15) is 6.04 Å². The maximum absolute atomic E-state index is 14.5. The van der Waals surface area contributed by atoms with E-state index < -0.39 is 36.3 Å². The molecule has 55 heavy (non-hydrogen) atoms. The number of benzene rings is 1. The fourth-order valence-electron chi connectivity index (χ4n) is 7.59. The van der Waals surface area contributed by atoms with Gasteiger partial charge < -0.3 is 39.7 Å². The molecule has 306 valence electrons. The number of aliphatic hydroxyl groups excluding tert-OH is 1. The molecule has 5 amide bonds. The van der Waals surface area contributed by atoms with Gasteiger partial charge in [-0.15, -0.1) is 0 Å². The topological polar surface area (TPSA) is 151 Å². The van der Waals surface area contributed by atoms with E-state index in [1.807, 2.05) is 47.0 Å². The number of aromatic amines is 1. The third-order valence-corrected chi connectivity index (χ3v) is 12.3. The van der Waals surface area contributed by atoms with E-state index in [-0.39, 0.29) is 31.3 Å². The average Bonchev–Trinajstić information content (AvgIpc) is 3.74. The van der Waals surface area contributed by atoms with Crippen molar-refractivity contribution in [1.29, 1.82) is 0 Å². The van der Waals surface area contributed by atoms with Crippen LogP contribution in [0.2, 0.25) is 0 Å². The minimum absolute atomic E-state index is 0.0774. The molecule has 2 aliphatic rings. The van der Waals surface area contributed by atoms with Crippen LogP contribution in [0.15, 0.2) is 42.9 Å². The summed E-state index contributed by atoms with van der Waals surface area (Å²) in [7, 11) is 4.87. The molecule has 0 bridgehead atoms. The van der Waals surface area contributed by atoms with Crippen LogP contribution in [0, 0.1) is 11.8 Å². The third-order valence-electron chi connectivity index (χ3n) is 11.4. The molecule has 3 N–H and O–H groups in total. The Morgan fingerprint density at radius 1 is 0.982 bits per heavy atom. The normalized spacial score (nSPS) is 17.2. The van der Waals surface area contributed by atoms with Crippen LogP contribution < -0.4 is 5.32 Å². The molecule has 2 aromatic rings. The largest absolute Gasteiger partial charge is 0.436 e. The number of hydrogen-bond donors (Lipinski definition) is 3. The number of ether oxygens (including phenoxy) is 1. The third kappa shape index (κ3) is 13.7. The predicted octanol–water partition coefficient (Wildman–Crippen LogP) is 5.20. The number of imidazole rings is 1. The number of likely N-dealkylation sites (N-methyl/N-ethyl adjacent to an activating group) is 3. The van der Waals surface area contributed by atoms with Crippen LogP contribution in [-0.2, 0) is 27.2 Å². The molecule has 1 aromatic carbocycles. The van der Waals surface area contributed by atoms with E-state index in [1.54, 1.807) is 32.2 Å². The number of rotatable bonds is 19. The van der Waals surface area contributed by atoms with Gasteiger partial charge in [0.05, 0.1) is 18.5 Å². The van der Waals surface area contributed by atoms with Crippen LogP contribution in [0.4, 0.5) is 9.59 Å². The van der Waals surface area contributed by atoms with E-state index in [4.69, 9.17) is 4.74 Å².